The average molecular weight is 599 g/mol. The molecule has 0 aliphatic carbocycles. The number of imide groups is 1. The minimum atomic E-state index is -0.883. The number of amides is 3. The van der Waals surface area contributed by atoms with Crippen molar-refractivity contribution in [1.82, 2.24) is 19.6 Å². The smallest absolute Gasteiger partial charge is 0.328 e. The van der Waals surface area contributed by atoms with E-state index in [9.17, 15) is 9.59 Å². The standard InChI is InChI=1S/C34H42N6O4/c1-36(2)29-10-9-27(25-6-4-5-7-26(25)29)30-19-24-21-38(20-23-8-11-31(43-3)28(35)18-23)22-34(24)32(41)39(33(42)40(30)34)13-12-37-14-16-44-17-15-37/h4-11,18,24,30H,12-17,19-22,35H2,1-3H3/t24-,30-,34+/m1/s1. The van der Waals surface area contributed by atoms with E-state index in [0.717, 1.165) is 53.6 Å². The molecule has 4 saturated heterocycles. The summed E-state index contributed by atoms with van der Waals surface area (Å²) < 4.78 is 10.9. The van der Waals surface area contributed by atoms with Crippen molar-refractivity contribution >= 4 is 34.1 Å². The van der Waals surface area contributed by atoms with Crippen molar-refractivity contribution in [3.63, 3.8) is 0 Å². The highest BCUT2D eigenvalue weighted by Gasteiger charge is 2.70. The first-order valence-corrected chi connectivity index (χ1v) is 15.6. The maximum absolute atomic E-state index is 14.5. The molecular weight excluding hydrogens is 556 g/mol. The van der Waals surface area contributed by atoms with Gasteiger partial charge < -0.3 is 25.0 Å². The van der Waals surface area contributed by atoms with Crippen LogP contribution in [0.4, 0.5) is 16.2 Å². The highest BCUT2D eigenvalue weighted by Crippen LogP contribution is 2.56. The summed E-state index contributed by atoms with van der Waals surface area (Å²) in [5.74, 6) is 0.633. The third kappa shape index (κ3) is 4.58. The largest absolute Gasteiger partial charge is 0.495 e. The number of methoxy groups -OCH3 is 1. The lowest BCUT2D eigenvalue weighted by Crippen LogP contribution is -2.51. The van der Waals surface area contributed by atoms with E-state index in [-0.39, 0.29) is 23.9 Å². The van der Waals surface area contributed by atoms with Crippen LogP contribution in [0.25, 0.3) is 10.8 Å². The second kappa shape index (κ2) is 11.3. The van der Waals surface area contributed by atoms with Crippen molar-refractivity contribution in [2.75, 3.05) is 84.3 Å². The van der Waals surface area contributed by atoms with Crippen LogP contribution < -0.4 is 15.4 Å². The van der Waals surface area contributed by atoms with Crippen molar-refractivity contribution in [3.8, 4) is 5.75 Å². The van der Waals surface area contributed by atoms with Gasteiger partial charge in [0.1, 0.15) is 11.3 Å². The van der Waals surface area contributed by atoms with Gasteiger partial charge in [0.15, 0.2) is 0 Å². The predicted molar refractivity (Wildman–Crippen MR) is 171 cm³/mol. The molecule has 0 radical (unpaired) electrons. The number of hydrogen-bond donors (Lipinski definition) is 1. The van der Waals surface area contributed by atoms with Gasteiger partial charge in [-0.3, -0.25) is 19.5 Å². The van der Waals surface area contributed by atoms with E-state index in [1.54, 1.807) is 12.0 Å². The van der Waals surface area contributed by atoms with Gasteiger partial charge in [-0.1, -0.05) is 36.4 Å². The highest BCUT2D eigenvalue weighted by atomic mass is 16.5. The molecule has 232 valence electrons. The number of morpholine rings is 1. The van der Waals surface area contributed by atoms with E-state index in [1.165, 1.54) is 0 Å². The fourth-order valence-electron chi connectivity index (χ4n) is 8.07. The first kappa shape index (κ1) is 28.9. The summed E-state index contributed by atoms with van der Waals surface area (Å²) in [6.45, 7) is 5.96. The van der Waals surface area contributed by atoms with Crippen molar-refractivity contribution < 1.29 is 19.1 Å². The lowest BCUT2D eigenvalue weighted by atomic mass is 9.87. The Morgan fingerprint density at radius 3 is 2.50 bits per heavy atom. The van der Waals surface area contributed by atoms with Crippen molar-refractivity contribution in [3.05, 3.63) is 65.7 Å². The molecule has 7 rings (SSSR count). The van der Waals surface area contributed by atoms with E-state index in [4.69, 9.17) is 15.2 Å². The Hall–Kier alpha value is -3.86. The number of rotatable bonds is 8. The third-order valence-electron chi connectivity index (χ3n) is 10.1. The minimum Gasteiger partial charge on any atom is -0.495 e. The first-order chi connectivity index (χ1) is 21.3. The molecular formula is C34H42N6O4. The van der Waals surface area contributed by atoms with Crippen LogP contribution in [0.1, 0.15) is 23.6 Å². The van der Waals surface area contributed by atoms with Gasteiger partial charge in [0.05, 0.1) is 32.1 Å². The fraction of sp³-hybridized carbons (Fsp3) is 0.471. The number of carbonyl (C=O) groups is 2. The molecule has 0 saturated carbocycles. The quantitative estimate of drug-likeness (QED) is 0.312. The van der Waals surface area contributed by atoms with Crippen LogP contribution in [0.3, 0.4) is 0 Å². The first-order valence-electron chi connectivity index (χ1n) is 15.6. The molecule has 10 nitrogen and oxygen atoms in total. The van der Waals surface area contributed by atoms with Crippen LogP contribution in [-0.2, 0) is 16.1 Å². The maximum atomic E-state index is 14.5. The highest BCUT2D eigenvalue weighted by molar-refractivity contribution is 6.09. The molecule has 3 amide bonds. The molecule has 1 spiro atoms. The summed E-state index contributed by atoms with van der Waals surface area (Å²) in [6, 6.07) is 18.3. The van der Waals surface area contributed by atoms with Crippen LogP contribution in [0, 0.1) is 5.92 Å². The van der Waals surface area contributed by atoms with E-state index in [0.29, 0.717) is 50.8 Å². The molecule has 4 aliphatic heterocycles. The molecule has 0 unspecified atom stereocenters. The molecule has 0 bridgehead atoms. The number of likely N-dealkylation sites (tertiary alicyclic amines) is 1. The Kier molecular flexibility index (Phi) is 7.39. The van der Waals surface area contributed by atoms with Gasteiger partial charge in [0, 0.05) is 76.9 Å². The van der Waals surface area contributed by atoms with Gasteiger partial charge in [0.25, 0.3) is 5.91 Å². The number of anilines is 2. The van der Waals surface area contributed by atoms with Crippen molar-refractivity contribution in [2.24, 2.45) is 5.92 Å². The third-order valence-corrected chi connectivity index (χ3v) is 10.1. The number of hydrogen-bond acceptors (Lipinski definition) is 8. The maximum Gasteiger partial charge on any atom is 0.328 e. The van der Waals surface area contributed by atoms with E-state index >= 15 is 0 Å². The second-order valence-electron chi connectivity index (χ2n) is 12.8. The number of benzene rings is 3. The zero-order chi connectivity index (χ0) is 30.6. The molecule has 4 aliphatic rings. The van der Waals surface area contributed by atoms with E-state index in [2.05, 4.69) is 65.2 Å². The number of nitrogen functional groups attached to an aromatic ring is 1. The SMILES string of the molecule is COc1ccc(CN2C[C@H]3C[C@H](c4ccc(N(C)C)c5ccccc45)N4C(=O)N(CCN5CCOCC5)C(=O)[C@]34C2)cc1N. The predicted octanol–water partition coefficient (Wildman–Crippen LogP) is 3.41. The number of nitrogens with zero attached hydrogens (tertiary/aromatic N) is 5. The topological polar surface area (TPSA) is 94.8 Å². The zero-order valence-corrected chi connectivity index (χ0v) is 25.9. The van der Waals surface area contributed by atoms with Gasteiger partial charge in [0.2, 0.25) is 0 Å². The van der Waals surface area contributed by atoms with E-state index in [1.807, 2.05) is 23.1 Å². The summed E-state index contributed by atoms with van der Waals surface area (Å²) in [7, 11) is 5.72. The number of ether oxygens (including phenoxy) is 2. The molecule has 2 N–H and O–H groups in total. The molecule has 3 aromatic rings. The molecule has 4 heterocycles. The summed E-state index contributed by atoms with van der Waals surface area (Å²) in [4.78, 5) is 39.2. The van der Waals surface area contributed by atoms with Crippen LogP contribution in [0.2, 0.25) is 0 Å². The average Bonchev–Trinajstić information content (AvgIpc) is 3.60. The molecule has 3 atom stereocenters. The molecule has 44 heavy (non-hydrogen) atoms. The fourth-order valence-corrected chi connectivity index (χ4v) is 8.07. The molecule has 4 fully saturated rings. The lowest BCUT2D eigenvalue weighted by molar-refractivity contribution is -0.133. The van der Waals surface area contributed by atoms with Crippen LogP contribution in [0.15, 0.2) is 54.6 Å². The molecule has 3 aromatic carbocycles. The summed E-state index contributed by atoms with van der Waals surface area (Å²) in [5.41, 5.74) is 9.25. The monoisotopic (exact) mass is 598 g/mol. The van der Waals surface area contributed by atoms with Gasteiger partial charge >= 0.3 is 6.03 Å². The van der Waals surface area contributed by atoms with Crippen molar-refractivity contribution in [2.45, 2.75) is 24.5 Å². The Balaban J connectivity index is 1.23. The lowest BCUT2D eigenvalue weighted by Gasteiger charge is -2.32. The van der Waals surface area contributed by atoms with Gasteiger partial charge in [-0.25, -0.2) is 4.79 Å². The Morgan fingerprint density at radius 1 is 1.00 bits per heavy atom. The Morgan fingerprint density at radius 2 is 1.77 bits per heavy atom. The zero-order valence-electron chi connectivity index (χ0n) is 25.9. The van der Waals surface area contributed by atoms with Gasteiger partial charge in [-0.2, -0.15) is 0 Å². The number of nitrogens with two attached hydrogens (primary N) is 1. The van der Waals surface area contributed by atoms with Crippen LogP contribution in [-0.4, -0.2) is 111 Å². The van der Waals surface area contributed by atoms with E-state index < -0.39 is 5.54 Å². The Labute approximate surface area is 258 Å². The summed E-state index contributed by atoms with van der Waals surface area (Å²) in [5, 5.41) is 2.29. The summed E-state index contributed by atoms with van der Waals surface area (Å²) in [6.07, 6.45) is 0.751. The van der Waals surface area contributed by atoms with Gasteiger partial charge in [-0.15, -0.1) is 0 Å². The minimum absolute atomic E-state index is 0.0280. The van der Waals surface area contributed by atoms with Crippen molar-refractivity contribution in [1.29, 1.82) is 0 Å². The summed E-state index contributed by atoms with van der Waals surface area (Å²) >= 11 is 0. The second-order valence-corrected chi connectivity index (χ2v) is 12.8. The normalized spacial score (nSPS) is 25.6. The number of urea groups is 1. The Bertz CT molecular complexity index is 1590. The number of carbonyl (C=O) groups excluding carboxylic acids is 2. The van der Waals surface area contributed by atoms with Crippen LogP contribution in [0.5, 0.6) is 5.75 Å². The molecule has 10 heteroatoms. The van der Waals surface area contributed by atoms with Gasteiger partial charge in [-0.05, 0) is 41.1 Å². The molecule has 0 aromatic heterocycles. The van der Waals surface area contributed by atoms with Crippen LogP contribution >= 0.6 is 0 Å². The number of fused-ring (bicyclic) bond motifs is 1.